The van der Waals surface area contributed by atoms with Crippen LogP contribution in [0.4, 0.5) is 0 Å². The van der Waals surface area contributed by atoms with Crippen LogP contribution in [0, 0.1) is 0 Å². The maximum absolute atomic E-state index is 9.38. The molecule has 1 aliphatic heterocycles. The van der Waals surface area contributed by atoms with Crippen molar-refractivity contribution in [2.24, 2.45) is 0 Å². The number of aliphatic hydroxyl groups excluding tert-OH is 2. The molecule has 2 N–H and O–H groups in total. The van der Waals surface area contributed by atoms with E-state index < -0.39 is 18.4 Å². The predicted molar refractivity (Wildman–Crippen MR) is 47.3 cm³/mol. The van der Waals surface area contributed by atoms with Crippen LogP contribution < -0.4 is 0 Å². The number of ether oxygens (including phenoxy) is 2. The molecular weight excluding hydrogens is 171 g/mol. The fraction of sp³-hybridized carbons (Fsp3) is 1.00. The topological polar surface area (TPSA) is 58.9 Å². The van der Waals surface area contributed by atoms with Gasteiger partial charge in [-0.25, -0.2) is 0 Å². The van der Waals surface area contributed by atoms with Crippen LogP contribution in [-0.2, 0) is 9.47 Å². The summed E-state index contributed by atoms with van der Waals surface area (Å²) in [5.41, 5.74) is 0. The van der Waals surface area contributed by atoms with Crippen molar-refractivity contribution in [3.63, 3.8) is 0 Å². The van der Waals surface area contributed by atoms with Gasteiger partial charge in [0.15, 0.2) is 6.29 Å². The molecule has 0 spiro atoms. The summed E-state index contributed by atoms with van der Waals surface area (Å²) in [6, 6.07) is -0.422. The Morgan fingerprint density at radius 3 is 2.85 bits per heavy atom. The molecule has 0 amide bonds. The summed E-state index contributed by atoms with van der Waals surface area (Å²) in [6.45, 7) is 1.59. The lowest BCUT2D eigenvalue weighted by Crippen LogP contribution is -2.40. The number of hydrogen-bond acceptors (Lipinski definition) is 4. The monoisotopic (exact) mass is 186 g/mol. The largest absolute Gasteiger partial charge is 0.394 e. The Balaban J connectivity index is 2.37. The van der Waals surface area contributed by atoms with E-state index in [1.165, 1.54) is 0 Å². The predicted octanol–water partition coefficient (Wildman–Crippen LogP) is -0.624. The molecule has 0 aromatic rings. The maximum atomic E-state index is 9.38. The molecule has 5 heteroatoms. The quantitative estimate of drug-likeness (QED) is 0.576. The third-order valence-electron chi connectivity index (χ3n) is 1.91. The van der Waals surface area contributed by atoms with E-state index in [1.54, 1.807) is 6.92 Å². The number of rotatable bonds is 3. The Kier molecular flexibility index (Phi) is 4.19. The summed E-state index contributed by atoms with van der Waals surface area (Å²) in [7, 11) is 5.41. The van der Waals surface area contributed by atoms with Crippen LogP contribution >= 0.6 is 0 Å². The van der Waals surface area contributed by atoms with Crippen molar-refractivity contribution in [3.05, 3.63) is 0 Å². The van der Waals surface area contributed by atoms with E-state index in [9.17, 15) is 5.11 Å². The van der Waals surface area contributed by atoms with Crippen LogP contribution in [-0.4, -0.2) is 49.2 Å². The molecule has 2 radical (unpaired) electrons. The van der Waals surface area contributed by atoms with Crippen LogP contribution in [0.15, 0.2) is 0 Å². The standard InChI is InChI=1S/C8H15BO4/c1-5(9)12-8-3-6(11)2-7(4-10)13-8/h5-8,10-11H,2-4H2,1H3. The molecule has 0 bridgehead atoms. The van der Waals surface area contributed by atoms with Crippen molar-refractivity contribution in [1.82, 2.24) is 0 Å². The minimum Gasteiger partial charge on any atom is -0.394 e. The summed E-state index contributed by atoms with van der Waals surface area (Å²) < 4.78 is 10.5. The van der Waals surface area contributed by atoms with Crippen LogP contribution in [0.25, 0.3) is 0 Å². The second-order valence-corrected chi connectivity index (χ2v) is 3.34. The maximum Gasteiger partial charge on any atom is 0.159 e. The molecule has 1 heterocycles. The van der Waals surface area contributed by atoms with Gasteiger partial charge in [-0.3, -0.25) is 0 Å². The highest BCUT2D eigenvalue weighted by molar-refractivity contribution is 6.10. The third-order valence-corrected chi connectivity index (χ3v) is 1.91. The van der Waals surface area contributed by atoms with Crippen molar-refractivity contribution in [1.29, 1.82) is 0 Å². The SMILES string of the molecule is [B]C(C)OC1CC(O)CC(CO)O1. The minimum atomic E-state index is -0.499. The van der Waals surface area contributed by atoms with Gasteiger partial charge in [-0.05, 0) is 6.92 Å². The van der Waals surface area contributed by atoms with E-state index in [0.29, 0.717) is 12.8 Å². The van der Waals surface area contributed by atoms with Gasteiger partial charge in [0, 0.05) is 18.8 Å². The van der Waals surface area contributed by atoms with Gasteiger partial charge in [0.2, 0.25) is 0 Å². The average molecular weight is 186 g/mol. The molecule has 0 aliphatic carbocycles. The fourth-order valence-corrected chi connectivity index (χ4v) is 1.39. The molecule has 13 heavy (non-hydrogen) atoms. The molecule has 0 saturated carbocycles. The van der Waals surface area contributed by atoms with Gasteiger partial charge in [0.25, 0.3) is 0 Å². The zero-order chi connectivity index (χ0) is 9.84. The van der Waals surface area contributed by atoms with Gasteiger partial charge in [-0.15, -0.1) is 0 Å². The Morgan fingerprint density at radius 2 is 2.31 bits per heavy atom. The van der Waals surface area contributed by atoms with Gasteiger partial charge in [-0.2, -0.15) is 0 Å². The molecule has 74 valence electrons. The molecule has 4 unspecified atom stereocenters. The first kappa shape index (κ1) is 11.0. The van der Waals surface area contributed by atoms with E-state index in [4.69, 9.17) is 22.4 Å². The second-order valence-electron chi connectivity index (χ2n) is 3.34. The molecule has 1 aliphatic rings. The highest BCUT2D eigenvalue weighted by atomic mass is 16.7. The first-order chi connectivity index (χ1) is 6.11. The van der Waals surface area contributed by atoms with Crippen molar-refractivity contribution in [2.45, 2.75) is 44.3 Å². The van der Waals surface area contributed by atoms with Gasteiger partial charge in [0.1, 0.15) is 7.85 Å². The lowest BCUT2D eigenvalue weighted by molar-refractivity contribution is -0.225. The zero-order valence-corrected chi connectivity index (χ0v) is 7.72. The van der Waals surface area contributed by atoms with E-state index in [-0.39, 0.29) is 12.7 Å². The second kappa shape index (κ2) is 4.95. The summed E-state index contributed by atoms with van der Waals surface area (Å²) >= 11 is 0. The Morgan fingerprint density at radius 1 is 1.62 bits per heavy atom. The van der Waals surface area contributed by atoms with E-state index >= 15 is 0 Å². The normalized spacial score (nSPS) is 37.3. The molecule has 4 atom stereocenters. The van der Waals surface area contributed by atoms with Crippen molar-refractivity contribution in [2.75, 3.05) is 6.61 Å². The van der Waals surface area contributed by atoms with Crippen LogP contribution in [0.5, 0.6) is 0 Å². The molecule has 0 aromatic carbocycles. The molecule has 0 aromatic heterocycles. The first-order valence-electron chi connectivity index (χ1n) is 4.47. The Labute approximate surface area is 79.3 Å². The van der Waals surface area contributed by atoms with Gasteiger partial charge in [-0.1, -0.05) is 0 Å². The van der Waals surface area contributed by atoms with Gasteiger partial charge >= 0.3 is 0 Å². The first-order valence-corrected chi connectivity index (χ1v) is 4.47. The van der Waals surface area contributed by atoms with Crippen LogP contribution in [0.1, 0.15) is 19.8 Å². The Hall–Kier alpha value is -0.0951. The smallest absolute Gasteiger partial charge is 0.159 e. The summed E-state index contributed by atoms with van der Waals surface area (Å²) in [4.78, 5) is 0. The highest BCUT2D eigenvalue weighted by Crippen LogP contribution is 2.20. The van der Waals surface area contributed by atoms with Crippen LogP contribution in [0.2, 0.25) is 0 Å². The fourth-order valence-electron chi connectivity index (χ4n) is 1.39. The number of aliphatic hydroxyl groups is 2. The van der Waals surface area contributed by atoms with Crippen molar-refractivity contribution >= 4 is 7.85 Å². The number of hydrogen-bond donors (Lipinski definition) is 2. The highest BCUT2D eigenvalue weighted by Gasteiger charge is 2.28. The lowest BCUT2D eigenvalue weighted by atomic mass is 10.0. The summed E-state index contributed by atoms with van der Waals surface area (Å²) in [5.74, 6) is 0. The third kappa shape index (κ3) is 3.64. The molecule has 1 rings (SSSR count). The van der Waals surface area contributed by atoms with E-state index in [0.717, 1.165) is 0 Å². The minimum absolute atomic E-state index is 0.101. The average Bonchev–Trinajstić information content (AvgIpc) is 2.01. The molecule has 1 fully saturated rings. The van der Waals surface area contributed by atoms with Crippen LogP contribution in [0.3, 0.4) is 0 Å². The van der Waals surface area contributed by atoms with E-state index in [2.05, 4.69) is 0 Å². The zero-order valence-electron chi connectivity index (χ0n) is 7.72. The van der Waals surface area contributed by atoms with Crippen molar-refractivity contribution < 1.29 is 19.7 Å². The lowest BCUT2D eigenvalue weighted by Gasteiger charge is -2.33. The van der Waals surface area contributed by atoms with Gasteiger partial charge in [0.05, 0.1) is 18.8 Å². The molecule has 4 nitrogen and oxygen atoms in total. The Bertz CT molecular complexity index is 151. The molecular formula is C8H15BO4. The molecule has 1 saturated heterocycles. The summed E-state index contributed by atoms with van der Waals surface area (Å²) in [5, 5.41) is 18.2. The summed E-state index contributed by atoms with van der Waals surface area (Å²) in [6.07, 6.45) is -0.448. The van der Waals surface area contributed by atoms with Crippen molar-refractivity contribution in [3.8, 4) is 0 Å². The van der Waals surface area contributed by atoms with E-state index in [1.807, 2.05) is 0 Å². The van der Waals surface area contributed by atoms with Gasteiger partial charge < -0.3 is 19.7 Å².